The van der Waals surface area contributed by atoms with Gasteiger partial charge in [-0.05, 0) is 46.9 Å². The summed E-state index contributed by atoms with van der Waals surface area (Å²) in [6, 6.07) is 18.2. The monoisotopic (exact) mass is 472 g/mol. The van der Waals surface area contributed by atoms with Crippen LogP contribution in [0.2, 0.25) is 0 Å². The van der Waals surface area contributed by atoms with Gasteiger partial charge in [-0.15, -0.1) is 0 Å². The molecule has 3 rings (SSSR count). The fraction of sp³-hybridized carbons (Fsp3) is 0.190. The van der Waals surface area contributed by atoms with E-state index < -0.39 is 31.9 Å². The van der Waals surface area contributed by atoms with E-state index in [0.29, 0.717) is 5.56 Å². The summed E-state index contributed by atoms with van der Waals surface area (Å²) >= 11 is 0. The third kappa shape index (κ3) is 5.20. The van der Waals surface area contributed by atoms with Gasteiger partial charge in [0, 0.05) is 17.6 Å². The number of carbonyl (C=O) groups excluding carboxylic acids is 1. The predicted molar refractivity (Wildman–Crippen MR) is 113 cm³/mol. The maximum atomic E-state index is 13.1. The van der Waals surface area contributed by atoms with E-state index in [1.54, 1.807) is 18.2 Å². The lowest BCUT2D eigenvalue weighted by molar-refractivity contribution is -0.131. The van der Waals surface area contributed by atoms with Crippen LogP contribution in [0, 0.1) is 0 Å². The van der Waals surface area contributed by atoms with E-state index in [1.165, 1.54) is 37.4 Å². The molecule has 3 aromatic carbocycles. The number of esters is 1. The Labute approximate surface area is 179 Å². The van der Waals surface area contributed by atoms with Gasteiger partial charge in [-0.2, -0.15) is 21.6 Å². The fourth-order valence-electron chi connectivity index (χ4n) is 3.06. The molecule has 166 valence electrons. The highest BCUT2D eigenvalue weighted by Gasteiger charge is 2.50. The van der Waals surface area contributed by atoms with Gasteiger partial charge in [0.15, 0.2) is 0 Å². The van der Waals surface area contributed by atoms with Crippen molar-refractivity contribution in [3.63, 3.8) is 0 Å². The van der Waals surface area contributed by atoms with Crippen molar-refractivity contribution in [2.45, 2.75) is 23.1 Å². The van der Waals surface area contributed by atoms with Gasteiger partial charge < -0.3 is 4.74 Å². The zero-order valence-electron chi connectivity index (χ0n) is 16.5. The third-order valence-electron chi connectivity index (χ3n) is 4.42. The van der Waals surface area contributed by atoms with E-state index in [0.717, 1.165) is 10.8 Å². The van der Waals surface area contributed by atoms with Crippen LogP contribution in [0.15, 0.2) is 71.6 Å². The Kier molecular flexibility index (Phi) is 6.35. The zero-order valence-corrected chi connectivity index (χ0v) is 18.2. The number of fused-ring (bicyclic) bond motifs is 1. The van der Waals surface area contributed by atoms with Crippen molar-refractivity contribution >= 4 is 37.2 Å². The Hall–Kier alpha value is -2.56. The fourth-order valence-corrected chi connectivity index (χ4v) is 7.18. The number of carbonyl (C=O) groups is 1. The average Bonchev–Trinajstić information content (AvgIpc) is 2.67. The lowest BCUT2D eigenvalue weighted by atomic mass is 10.1. The molecule has 0 radical (unpaired) electrons. The van der Waals surface area contributed by atoms with E-state index in [4.69, 9.17) is 8.37 Å². The molecule has 1 atom stereocenters. The molecule has 0 heterocycles. The number of ether oxygens (including phenoxy) is 1. The summed E-state index contributed by atoms with van der Waals surface area (Å²) in [5.74, 6) is -0.451. The lowest BCUT2D eigenvalue weighted by Crippen LogP contribution is -2.27. The van der Waals surface area contributed by atoms with Crippen molar-refractivity contribution in [3.8, 4) is 5.75 Å². The predicted octanol–water partition coefficient (Wildman–Crippen LogP) is 5.54. The zero-order chi connectivity index (χ0) is 22.9. The molecule has 10 heteroatoms. The van der Waals surface area contributed by atoms with Crippen molar-refractivity contribution < 1.29 is 34.7 Å². The Balaban J connectivity index is 2.09. The molecule has 0 bridgehead atoms. The summed E-state index contributed by atoms with van der Waals surface area (Å²) in [6.07, 6.45) is 1.36. The van der Waals surface area contributed by atoms with Crippen LogP contribution in [0.5, 0.6) is 5.75 Å². The van der Waals surface area contributed by atoms with Crippen LogP contribution in [0.25, 0.3) is 10.8 Å². The topological polar surface area (TPSA) is 69.7 Å². The van der Waals surface area contributed by atoms with Crippen LogP contribution in [-0.2, 0) is 24.3 Å². The Bertz CT molecular complexity index is 1200. The second-order valence-electron chi connectivity index (χ2n) is 6.82. The van der Waals surface area contributed by atoms with Crippen LogP contribution >= 0.6 is 10.3 Å². The van der Waals surface area contributed by atoms with Gasteiger partial charge in [-0.25, -0.2) is 3.63 Å². The van der Waals surface area contributed by atoms with Crippen molar-refractivity contribution in [2.24, 2.45) is 0 Å². The Morgan fingerprint density at radius 3 is 2.16 bits per heavy atom. The summed E-state index contributed by atoms with van der Waals surface area (Å²) in [4.78, 5) is 11.4. The first-order valence-electron chi connectivity index (χ1n) is 8.95. The second kappa shape index (κ2) is 8.52. The van der Waals surface area contributed by atoms with Crippen molar-refractivity contribution in [2.75, 3.05) is 6.26 Å². The number of benzene rings is 3. The van der Waals surface area contributed by atoms with Crippen LogP contribution < -0.4 is 4.74 Å². The number of rotatable bonds is 6. The van der Waals surface area contributed by atoms with Crippen LogP contribution in [-0.4, -0.2) is 26.2 Å². The molecule has 0 fully saturated rings. The van der Waals surface area contributed by atoms with E-state index in [1.807, 2.05) is 24.3 Å². The smallest absolute Gasteiger partial charge is 0.427 e. The number of hydrogen-bond donors (Lipinski definition) is 0. The van der Waals surface area contributed by atoms with Crippen LogP contribution in [0.4, 0.5) is 13.2 Å². The van der Waals surface area contributed by atoms with E-state index in [2.05, 4.69) is 0 Å². The second-order valence-corrected chi connectivity index (χ2v) is 11.5. The summed E-state index contributed by atoms with van der Waals surface area (Å²) in [6.45, 7) is 1.21. The van der Waals surface area contributed by atoms with Gasteiger partial charge in [0.1, 0.15) is 5.75 Å². The van der Waals surface area contributed by atoms with Crippen molar-refractivity contribution in [1.82, 2.24) is 0 Å². The third-order valence-corrected chi connectivity index (χ3v) is 9.03. The first-order chi connectivity index (χ1) is 14.4. The Morgan fingerprint density at radius 1 is 0.935 bits per heavy atom. The van der Waals surface area contributed by atoms with E-state index in [-0.39, 0.29) is 16.4 Å². The quantitative estimate of drug-likeness (QED) is 0.268. The standard InChI is InChI=1S/C21H19F3O5S2/c1-15(25)28-18-10-12-19(13-11-18)30(2,29-31(26,27)21(22,23)24)14-17-8-5-7-16-6-3-4-9-20(16)17/h3-13H,14H2,1-2H3. The maximum Gasteiger partial charge on any atom is 0.523 e. The molecule has 0 aliphatic rings. The van der Waals surface area contributed by atoms with E-state index in [9.17, 15) is 26.4 Å². The molecule has 0 aliphatic carbocycles. The van der Waals surface area contributed by atoms with Gasteiger partial charge >= 0.3 is 21.6 Å². The maximum absolute atomic E-state index is 13.1. The molecule has 1 unspecified atom stereocenters. The molecular formula is C21H19F3O5S2. The van der Waals surface area contributed by atoms with Crippen LogP contribution in [0.3, 0.4) is 0 Å². The summed E-state index contributed by atoms with van der Waals surface area (Å²) in [7, 11) is -8.85. The number of hydrogen-bond acceptors (Lipinski definition) is 5. The molecule has 3 aromatic rings. The molecule has 0 aromatic heterocycles. The van der Waals surface area contributed by atoms with Gasteiger partial charge in [0.25, 0.3) is 0 Å². The number of alkyl halides is 3. The van der Waals surface area contributed by atoms with Gasteiger partial charge in [0.2, 0.25) is 0 Å². The molecular weight excluding hydrogens is 453 g/mol. The molecule has 5 nitrogen and oxygen atoms in total. The SMILES string of the molecule is CC(=O)Oc1ccc(S(C)(Cc2cccc3ccccc23)OS(=O)(=O)C(F)(F)F)cc1. The minimum atomic E-state index is -5.85. The normalized spacial score (nSPS) is 15.3. The highest BCUT2D eigenvalue weighted by molar-refractivity contribution is 8.32. The first kappa shape index (κ1) is 23.1. The molecule has 0 saturated heterocycles. The molecule has 0 N–H and O–H groups in total. The lowest BCUT2D eigenvalue weighted by Gasteiger charge is -2.35. The molecule has 0 saturated carbocycles. The molecule has 31 heavy (non-hydrogen) atoms. The number of halogens is 3. The van der Waals surface area contributed by atoms with Crippen molar-refractivity contribution in [3.05, 3.63) is 72.3 Å². The highest BCUT2D eigenvalue weighted by Crippen LogP contribution is 2.59. The van der Waals surface area contributed by atoms with Crippen molar-refractivity contribution in [1.29, 1.82) is 0 Å². The summed E-state index contributed by atoms with van der Waals surface area (Å²) in [5.41, 5.74) is -4.91. The highest BCUT2D eigenvalue weighted by atomic mass is 32.3. The molecule has 0 spiro atoms. The van der Waals surface area contributed by atoms with Crippen LogP contribution in [0.1, 0.15) is 12.5 Å². The van der Waals surface area contributed by atoms with E-state index >= 15 is 0 Å². The molecule has 0 aliphatic heterocycles. The largest absolute Gasteiger partial charge is 0.523 e. The average molecular weight is 473 g/mol. The Morgan fingerprint density at radius 2 is 1.55 bits per heavy atom. The van der Waals surface area contributed by atoms with Gasteiger partial charge in [-0.1, -0.05) is 52.8 Å². The minimum absolute atomic E-state index is 0.0728. The minimum Gasteiger partial charge on any atom is -0.427 e. The molecule has 0 amide bonds. The van der Waals surface area contributed by atoms with Gasteiger partial charge in [-0.3, -0.25) is 4.79 Å². The first-order valence-corrected chi connectivity index (χ1v) is 12.5. The summed E-state index contributed by atoms with van der Waals surface area (Å²) in [5, 5.41) is 1.65. The summed E-state index contributed by atoms with van der Waals surface area (Å²) < 4.78 is 73.0. The van der Waals surface area contributed by atoms with Gasteiger partial charge in [0.05, 0.1) is 0 Å².